The number of benzene rings is 2. The van der Waals surface area contributed by atoms with Crippen molar-refractivity contribution in [2.45, 2.75) is 33.6 Å². The molecule has 2 aromatic carbocycles. The van der Waals surface area contributed by atoms with Crippen molar-refractivity contribution in [2.24, 2.45) is 5.92 Å². The van der Waals surface area contributed by atoms with E-state index in [2.05, 4.69) is 44.2 Å². The van der Waals surface area contributed by atoms with Crippen LogP contribution >= 0.6 is 0 Å². The number of ketones is 1. The number of carbonyl (C=O) groups excluding carboxylic acids is 1. The molecule has 0 N–H and O–H groups in total. The first-order valence-corrected chi connectivity index (χ1v) is 7.17. The Labute approximate surface area is 121 Å². The Bertz CT molecular complexity index is 584. The van der Waals surface area contributed by atoms with Gasteiger partial charge >= 0.3 is 0 Å². The van der Waals surface area contributed by atoms with Crippen LogP contribution in [0.25, 0.3) is 0 Å². The molecule has 1 atom stereocenters. The van der Waals surface area contributed by atoms with Crippen molar-refractivity contribution >= 4 is 5.78 Å². The second kappa shape index (κ2) is 6.51. The van der Waals surface area contributed by atoms with Crippen LogP contribution in [-0.4, -0.2) is 5.78 Å². The minimum atomic E-state index is 0.0683. The zero-order chi connectivity index (χ0) is 14.5. The van der Waals surface area contributed by atoms with Gasteiger partial charge in [0.2, 0.25) is 0 Å². The summed E-state index contributed by atoms with van der Waals surface area (Å²) in [4.78, 5) is 11.9. The van der Waals surface area contributed by atoms with Gasteiger partial charge in [0.15, 0.2) is 0 Å². The van der Waals surface area contributed by atoms with Crippen LogP contribution in [0.5, 0.6) is 0 Å². The van der Waals surface area contributed by atoms with Crippen LogP contribution in [-0.2, 0) is 17.6 Å². The summed E-state index contributed by atoms with van der Waals surface area (Å²) in [5.74, 6) is 0.340. The Kier molecular flexibility index (Phi) is 4.73. The average molecular weight is 266 g/mol. The SMILES string of the molecule is CC(=O)C(Cc1ccccc1)Cc1ccc(C)cc1C. The third-order valence-corrected chi connectivity index (χ3v) is 3.86. The van der Waals surface area contributed by atoms with E-state index < -0.39 is 0 Å². The highest BCUT2D eigenvalue weighted by atomic mass is 16.1. The molecular weight excluding hydrogens is 244 g/mol. The van der Waals surface area contributed by atoms with Crippen LogP contribution < -0.4 is 0 Å². The highest BCUT2D eigenvalue weighted by Gasteiger charge is 2.16. The van der Waals surface area contributed by atoms with E-state index in [0.29, 0.717) is 0 Å². The first kappa shape index (κ1) is 14.5. The molecule has 1 nitrogen and oxygen atoms in total. The monoisotopic (exact) mass is 266 g/mol. The number of rotatable bonds is 5. The molecule has 0 spiro atoms. The van der Waals surface area contributed by atoms with Gasteiger partial charge in [-0.25, -0.2) is 0 Å². The predicted molar refractivity (Wildman–Crippen MR) is 83.9 cm³/mol. The van der Waals surface area contributed by atoms with Crippen molar-refractivity contribution in [1.29, 1.82) is 0 Å². The van der Waals surface area contributed by atoms with E-state index in [-0.39, 0.29) is 11.7 Å². The van der Waals surface area contributed by atoms with E-state index in [9.17, 15) is 4.79 Å². The van der Waals surface area contributed by atoms with Crippen LogP contribution in [0.4, 0.5) is 0 Å². The predicted octanol–water partition coefficient (Wildman–Crippen LogP) is 4.29. The van der Waals surface area contributed by atoms with E-state index >= 15 is 0 Å². The maximum Gasteiger partial charge on any atom is 0.133 e. The molecule has 0 saturated carbocycles. The van der Waals surface area contributed by atoms with Gasteiger partial charge in [-0.05, 0) is 50.3 Å². The fourth-order valence-corrected chi connectivity index (χ4v) is 2.60. The van der Waals surface area contributed by atoms with Crippen LogP contribution in [0.2, 0.25) is 0 Å². The Morgan fingerprint density at radius 1 is 1.00 bits per heavy atom. The summed E-state index contributed by atoms with van der Waals surface area (Å²) in [6.07, 6.45) is 1.65. The summed E-state index contributed by atoms with van der Waals surface area (Å²) in [5, 5.41) is 0. The molecule has 0 aliphatic rings. The molecule has 104 valence electrons. The Morgan fingerprint density at radius 2 is 1.70 bits per heavy atom. The second-order valence-electron chi connectivity index (χ2n) is 5.63. The zero-order valence-electron chi connectivity index (χ0n) is 12.5. The molecule has 0 aromatic heterocycles. The van der Waals surface area contributed by atoms with Gasteiger partial charge < -0.3 is 0 Å². The van der Waals surface area contributed by atoms with Gasteiger partial charge in [0.1, 0.15) is 5.78 Å². The molecule has 2 aromatic rings. The lowest BCUT2D eigenvalue weighted by molar-refractivity contribution is -0.120. The third-order valence-electron chi connectivity index (χ3n) is 3.86. The molecular formula is C19H22O. The molecule has 0 bridgehead atoms. The summed E-state index contributed by atoms with van der Waals surface area (Å²) < 4.78 is 0. The van der Waals surface area contributed by atoms with Crippen molar-refractivity contribution < 1.29 is 4.79 Å². The summed E-state index contributed by atoms with van der Waals surface area (Å²) in [6, 6.07) is 16.7. The lowest BCUT2D eigenvalue weighted by atomic mass is 9.88. The lowest BCUT2D eigenvalue weighted by Crippen LogP contribution is -2.17. The average Bonchev–Trinajstić information content (AvgIpc) is 2.42. The van der Waals surface area contributed by atoms with Gasteiger partial charge in [0.25, 0.3) is 0 Å². The molecule has 0 fully saturated rings. The molecule has 1 unspecified atom stereocenters. The van der Waals surface area contributed by atoms with Crippen molar-refractivity contribution in [3.63, 3.8) is 0 Å². The first-order chi connectivity index (χ1) is 9.56. The Hall–Kier alpha value is -1.89. The maximum atomic E-state index is 11.9. The minimum absolute atomic E-state index is 0.0683. The summed E-state index contributed by atoms with van der Waals surface area (Å²) >= 11 is 0. The molecule has 1 heteroatoms. The molecule has 0 radical (unpaired) electrons. The largest absolute Gasteiger partial charge is 0.300 e. The normalized spacial score (nSPS) is 12.2. The standard InChI is InChI=1S/C19H22O/c1-14-9-10-18(15(2)11-14)13-19(16(3)20)12-17-7-5-4-6-8-17/h4-11,19H,12-13H2,1-3H3. The number of hydrogen-bond acceptors (Lipinski definition) is 1. The van der Waals surface area contributed by atoms with Crippen LogP contribution in [0.15, 0.2) is 48.5 Å². The van der Waals surface area contributed by atoms with Crippen molar-refractivity contribution in [1.82, 2.24) is 0 Å². The molecule has 20 heavy (non-hydrogen) atoms. The topological polar surface area (TPSA) is 17.1 Å². The molecule has 0 aliphatic heterocycles. The van der Waals surface area contributed by atoms with E-state index in [0.717, 1.165) is 12.8 Å². The highest BCUT2D eigenvalue weighted by Crippen LogP contribution is 2.19. The number of aryl methyl sites for hydroxylation is 2. The van der Waals surface area contributed by atoms with Crippen molar-refractivity contribution in [2.75, 3.05) is 0 Å². The van der Waals surface area contributed by atoms with Crippen LogP contribution in [0.3, 0.4) is 0 Å². The summed E-state index contributed by atoms with van der Waals surface area (Å²) in [7, 11) is 0. The number of Topliss-reactive ketones (excluding diaryl/α,β-unsaturated/α-hetero) is 1. The van der Waals surface area contributed by atoms with Crippen LogP contribution in [0, 0.1) is 19.8 Å². The van der Waals surface area contributed by atoms with E-state index in [1.165, 1.54) is 22.3 Å². The molecule has 0 saturated heterocycles. The first-order valence-electron chi connectivity index (χ1n) is 7.17. The van der Waals surface area contributed by atoms with Gasteiger partial charge in [-0.1, -0.05) is 54.1 Å². The summed E-state index contributed by atoms with van der Waals surface area (Å²) in [5.41, 5.74) is 5.07. The fraction of sp³-hybridized carbons (Fsp3) is 0.316. The van der Waals surface area contributed by atoms with E-state index in [1.807, 2.05) is 18.2 Å². The Balaban J connectivity index is 2.15. The zero-order valence-corrected chi connectivity index (χ0v) is 12.5. The molecule has 0 aliphatic carbocycles. The minimum Gasteiger partial charge on any atom is -0.300 e. The quantitative estimate of drug-likeness (QED) is 0.789. The van der Waals surface area contributed by atoms with Gasteiger partial charge in [-0.2, -0.15) is 0 Å². The van der Waals surface area contributed by atoms with Crippen LogP contribution in [0.1, 0.15) is 29.2 Å². The fourth-order valence-electron chi connectivity index (χ4n) is 2.60. The van der Waals surface area contributed by atoms with Gasteiger partial charge in [0, 0.05) is 5.92 Å². The third kappa shape index (κ3) is 3.80. The van der Waals surface area contributed by atoms with Gasteiger partial charge in [-0.15, -0.1) is 0 Å². The van der Waals surface area contributed by atoms with Gasteiger partial charge in [0.05, 0.1) is 0 Å². The number of carbonyl (C=O) groups is 1. The molecule has 2 rings (SSSR count). The molecule has 0 amide bonds. The van der Waals surface area contributed by atoms with E-state index in [1.54, 1.807) is 6.92 Å². The number of hydrogen-bond donors (Lipinski definition) is 0. The van der Waals surface area contributed by atoms with E-state index in [4.69, 9.17) is 0 Å². The highest BCUT2D eigenvalue weighted by molar-refractivity contribution is 5.79. The van der Waals surface area contributed by atoms with Gasteiger partial charge in [-0.3, -0.25) is 4.79 Å². The lowest BCUT2D eigenvalue weighted by Gasteiger charge is -2.16. The maximum absolute atomic E-state index is 11.9. The van der Waals surface area contributed by atoms with Crippen molar-refractivity contribution in [3.05, 3.63) is 70.8 Å². The molecule has 0 heterocycles. The summed E-state index contributed by atoms with van der Waals surface area (Å²) in [6.45, 7) is 5.93. The second-order valence-corrected chi connectivity index (χ2v) is 5.63. The Morgan fingerprint density at radius 3 is 2.30 bits per heavy atom. The van der Waals surface area contributed by atoms with Crippen molar-refractivity contribution in [3.8, 4) is 0 Å². The smallest absolute Gasteiger partial charge is 0.133 e.